The molecule has 3 aromatic rings. The van der Waals surface area contributed by atoms with E-state index >= 15 is 0 Å². The zero-order chi connectivity index (χ0) is 18.1. The monoisotopic (exact) mass is 346 g/mol. The molecule has 0 bridgehead atoms. The third-order valence-corrected chi connectivity index (χ3v) is 4.38. The highest BCUT2D eigenvalue weighted by Gasteiger charge is 2.25. The number of phenols is 1. The maximum atomic E-state index is 12.9. The summed E-state index contributed by atoms with van der Waals surface area (Å²) < 4.78 is 0. The van der Waals surface area contributed by atoms with Crippen molar-refractivity contribution in [2.45, 2.75) is 13.1 Å². The minimum Gasteiger partial charge on any atom is -0.506 e. The summed E-state index contributed by atoms with van der Waals surface area (Å²) in [4.78, 5) is 18.8. The summed E-state index contributed by atoms with van der Waals surface area (Å²) >= 11 is 0. The number of rotatable bonds is 3. The molecule has 1 aliphatic rings. The number of aromatic nitrogens is 1. The number of hydrogen-bond acceptors (Lipinski definition) is 5. The van der Waals surface area contributed by atoms with Crippen LogP contribution in [0.3, 0.4) is 0 Å². The van der Waals surface area contributed by atoms with Crippen LogP contribution in [0.1, 0.15) is 21.6 Å². The van der Waals surface area contributed by atoms with E-state index in [1.54, 1.807) is 41.3 Å². The number of anilines is 3. The second-order valence-electron chi connectivity index (χ2n) is 6.24. The van der Waals surface area contributed by atoms with E-state index in [2.05, 4.69) is 10.3 Å². The van der Waals surface area contributed by atoms with Gasteiger partial charge in [-0.2, -0.15) is 0 Å². The van der Waals surface area contributed by atoms with E-state index in [9.17, 15) is 9.90 Å². The molecular formula is C20H18N4O2. The second-order valence-corrected chi connectivity index (χ2v) is 6.24. The van der Waals surface area contributed by atoms with E-state index in [1.807, 2.05) is 24.3 Å². The van der Waals surface area contributed by atoms with Gasteiger partial charge in [0.25, 0.3) is 5.91 Å². The molecule has 0 saturated heterocycles. The fraction of sp³-hybridized carbons (Fsp3) is 0.100. The summed E-state index contributed by atoms with van der Waals surface area (Å²) in [5, 5.41) is 13.0. The molecule has 1 aromatic heterocycles. The van der Waals surface area contributed by atoms with Crippen LogP contribution >= 0.6 is 0 Å². The Morgan fingerprint density at radius 2 is 1.69 bits per heavy atom. The normalized spacial score (nSPS) is 12.7. The van der Waals surface area contributed by atoms with E-state index in [0.29, 0.717) is 24.5 Å². The number of para-hydroxylation sites is 2. The van der Waals surface area contributed by atoms with E-state index in [4.69, 9.17) is 5.73 Å². The quantitative estimate of drug-likeness (QED) is 0.633. The number of hydrogen-bond donors (Lipinski definition) is 3. The number of nitrogens with zero attached hydrogens (tertiary/aromatic N) is 2. The minimum absolute atomic E-state index is 0.116. The molecule has 2 heterocycles. The van der Waals surface area contributed by atoms with Gasteiger partial charge >= 0.3 is 0 Å². The molecule has 4 N–H and O–H groups in total. The predicted molar refractivity (Wildman–Crippen MR) is 100 cm³/mol. The molecule has 0 saturated carbocycles. The SMILES string of the molecule is Nc1cc(Nc2ccccc2O)cc(C(=O)N2Cc3ccccc3C2)n1. The summed E-state index contributed by atoms with van der Waals surface area (Å²) in [5.41, 5.74) is 9.59. The fourth-order valence-electron chi connectivity index (χ4n) is 3.11. The van der Waals surface area contributed by atoms with Crippen molar-refractivity contribution < 1.29 is 9.90 Å². The number of carbonyl (C=O) groups is 1. The molecule has 1 aliphatic heterocycles. The van der Waals surface area contributed by atoms with E-state index in [1.165, 1.54) is 0 Å². The molecule has 0 radical (unpaired) electrons. The number of carbonyl (C=O) groups excluding carboxylic acids is 1. The van der Waals surface area contributed by atoms with Crippen molar-refractivity contribution >= 4 is 23.1 Å². The Kier molecular flexibility index (Phi) is 3.93. The molecule has 0 fully saturated rings. The lowest BCUT2D eigenvalue weighted by Gasteiger charge is -2.16. The molecule has 0 aliphatic carbocycles. The number of aromatic hydroxyl groups is 1. The zero-order valence-electron chi connectivity index (χ0n) is 14.0. The van der Waals surface area contributed by atoms with Gasteiger partial charge in [-0.25, -0.2) is 4.98 Å². The van der Waals surface area contributed by atoms with Crippen LogP contribution in [-0.2, 0) is 13.1 Å². The van der Waals surface area contributed by atoms with Crippen LogP contribution in [-0.4, -0.2) is 20.9 Å². The van der Waals surface area contributed by atoms with Gasteiger partial charge in [0.05, 0.1) is 5.69 Å². The van der Waals surface area contributed by atoms with Crippen molar-refractivity contribution in [3.8, 4) is 5.75 Å². The lowest BCUT2D eigenvalue weighted by atomic mass is 10.1. The number of nitrogens with one attached hydrogen (secondary N) is 1. The van der Waals surface area contributed by atoms with Crippen molar-refractivity contribution in [1.29, 1.82) is 0 Å². The zero-order valence-corrected chi connectivity index (χ0v) is 14.0. The minimum atomic E-state index is -0.172. The Labute approximate surface area is 150 Å². The fourth-order valence-corrected chi connectivity index (χ4v) is 3.11. The third kappa shape index (κ3) is 3.04. The molecular weight excluding hydrogens is 328 g/mol. The maximum absolute atomic E-state index is 12.9. The average molecular weight is 346 g/mol. The Hall–Kier alpha value is -3.54. The Bertz CT molecular complexity index is 962. The van der Waals surface area contributed by atoms with Gasteiger partial charge in [0.1, 0.15) is 17.3 Å². The first-order chi connectivity index (χ1) is 12.6. The van der Waals surface area contributed by atoms with Crippen LogP contribution in [0.25, 0.3) is 0 Å². The highest BCUT2D eigenvalue weighted by atomic mass is 16.3. The van der Waals surface area contributed by atoms with Gasteiger partial charge in [-0.3, -0.25) is 4.79 Å². The number of phenolic OH excluding ortho intramolecular Hbond substituents is 1. The van der Waals surface area contributed by atoms with Gasteiger partial charge < -0.3 is 21.1 Å². The largest absolute Gasteiger partial charge is 0.506 e. The predicted octanol–water partition coefficient (Wildman–Crippen LogP) is 3.27. The van der Waals surface area contributed by atoms with Gasteiger partial charge in [-0.15, -0.1) is 0 Å². The number of pyridine rings is 1. The average Bonchev–Trinajstić information content (AvgIpc) is 3.07. The molecule has 6 heteroatoms. The van der Waals surface area contributed by atoms with Gasteiger partial charge in [0.2, 0.25) is 0 Å². The van der Waals surface area contributed by atoms with Gasteiger partial charge in [0.15, 0.2) is 0 Å². The molecule has 130 valence electrons. The molecule has 26 heavy (non-hydrogen) atoms. The van der Waals surface area contributed by atoms with Crippen molar-refractivity contribution in [3.63, 3.8) is 0 Å². The van der Waals surface area contributed by atoms with Crippen molar-refractivity contribution in [1.82, 2.24) is 9.88 Å². The number of nitrogen functional groups attached to an aromatic ring is 1. The van der Waals surface area contributed by atoms with Crippen LogP contribution in [0.4, 0.5) is 17.2 Å². The Morgan fingerprint density at radius 3 is 2.38 bits per heavy atom. The Balaban J connectivity index is 1.59. The summed E-state index contributed by atoms with van der Waals surface area (Å²) in [7, 11) is 0. The molecule has 2 aromatic carbocycles. The molecule has 0 spiro atoms. The van der Waals surface area contributed by atoms with Crippen LogP contribution in [0, 0.1) is 0 Å². The first kappa shape index (κ1) is 16.0. The first-order valence-corrected chi connectivity index (χ1v) is 8.29. The molecule has 4 rings (SSSR count). The number of nitrogens with two attached hydrogens (primary N) is 1. The molecule has 0 atom stereocenters. The third-order valence-electron chi connectivity index (χ3n) is 4.38. The summed E-state index contributed by atoms with van der Waals surface area (Å²) in [6, 6.07) is 18.1. The summed E-state index contributed by atoms with van der Waals surface area (Å²) in [6.07, 6.45) is 0. The summed E-state index contributed by atoms with van der Waals surface area (Å²) in [6.45, 7) is 1.13. The van der Waals surface area contributed by atoms with Gasteiger partial charge in [-0.1, -0.05) is 36.4 Å². The number of fused-ring (bicyclic) bond motifs is 1. The van der Waals surface area contributed by atoms with Gasteiger partial charge in [0, 0.05) is 24.8 Å². The number of amides is 1. The smallest absolute Gasteiger partial charge is 0.273 e. The Morgan fingerprint density at radius 1 is 1.04 bits per heavy atom. The summed E-state index contributed by atoms with van der Waals surface area (Å²) in [5.74, 6) is 0.185. The van der Waals surface area contributed by atoms with Crippen LogP contribution in [0.5, 0.6) is 5.75 Å². The van der Waals surface area contributed by atoms with Crippen molar-refractivity contribution in [2.75, 3.05) is 11.1 Å². The lowest BCUT2D eigenvalue weighted by Crippen LogP contribution is -2.26. The van der Waals surface area contributed by atoms with E-state index in [0.717, 1.165) is 11.1 Å². The molecule has 6 nitrogen and oxygen atoms in total. The van der Waals surface area contributed by atoms with E-state index < -0.39 is 0 Å². The standard InChI is InChI=1S/C20H18N4O2/c21-19-10-15(22-16-7-3-4-8-18(16)25)9-17(23-19)20(26)24-11-13-5-1-2-6-14(13)12-24/h1-10,25H,11-12H2,(H3,21,22,23). The molecule has 1 amide bonds. The lowest BCUT2D eigenvalue weighted by molar-refractivity contribution is 0.0745. The first-order valence-electron chi connectivity index (χ1n) is 8.29. The van der Waals surface area contributed by atoms with Crippen LogP contribution in [0.2, 0.25) is 0 Å². The maximum Gasteiger partial charge on any atom is 0.273 e. The molecule has 0 unspecified atom stereocenters. The van der Waals surface area contributed by atoms with Crippen molar-refractivity contribution in [2.24, 2.45) is 0 Å². The second kappa shape index (κ2) is 6.40. The topological polar surface area (TPSA) is 91.5 Å². The van der Waals surface area contributed by atoms with Crippen molar-refractivity contribution in [3.05, 3.63) is 77.5 Å². The van der Waals surface area contributed by atoms with Crippen LogP contribution in [0.15, 0.2) is 60.7 Å². The van der Waals surface area contributed by atoms with E-state index in [-0.39, 0.29) is 23.2 Å². The number of benzene rings is 2. The van der Waals surface area contributed by atoms with Crippen LogP contribution < -0.4 is 11.1 Å². The highest BCUT2D eigenvalue weighted by Crippen LogP contribution is 2.28. The highest BCUT2D eigenvalue weighted by molar-refractivity contribution is 5.94. The van der Waals surface area contributed by atoms with Gasteiger partial charge in [-0.05, 0) is 29.3 Å².